The zero-order valence-electron chi connectivity index (χ0n) is 8.84. The molecule has 0 radical (unpaired) electrons. The lowest BCUT2D eigenvalue weighted by atomic mass is 9.78. The maximum atomic E-state index is 9.38. The zero-order valence-corrected chi connectivity index (χ0v) is 8.84. The third-order valence-corrected chi connectivity index (χ3v) is 3.52. The number of hydrogen-bond acceptors (Lipinski definition) is 3. The largest absolute Gasteiger partial charge is 0.316 e. The highest BCUT2D eigenvalue weighted by molar-refractivity contribution is 5.15. The number of piperidine rings is 1. The van der Waals surface area contributed by atoms with E-state index in [1.807, 2.05) is 0 Å². The highest BCUT2D eigenvalue weighted by Gasteiger charge is 2.43. The topological polar surface area (TPSA) is 47.9 Å². The Morgan fingerprint density at radius 2 is 2.36 bits per heavy atom. The van der Waals surface area contributed by atoms with Gasteiger partial charge in [-0.15, -0.1) is 0 Å². The minimum atomic E-state index is -0.235. The molecule has 2 N–H and O–H groups in total. The molecule has 1 aliphatic carbocycles. The van der Waals surface area contributed by atoms with Crippen molar-refractivity contribution in [3.05, 3.63) is 0 Å². The second-order valence-electron chi connectivity index (χ2n) is 4.56. The molecule has 0 aromatic carbocycles. The summed E-state index contributed by atoms with van der Waals surface area (Å²) < 4.78 is 0. The summed E-state index contributed by atoms with van der Waals surface area (Å²) in [5.41, 5.74) is -0.235. The average molecular weight is 193 g/mol. The van der Waals surface area contributed by atoms with Crippen molar-refractivity contribution in [1.29, 1.82) is 5.26 Å². The van der Waals surface area contributed by atoms with Gasteiger partial charge in [0, 0.05) is 18.5 Å². The molecule has 0 aromatic rings. The number of hydrogen-bond donors (Lipinski definition) is 2. The summed E-state index contributed by atoms with van der Waals surface area (Å²) >= 11 is 0. The minimum absolute atomic E-state index is 0.235. The molecule has 0 aromatic heterocycles. The molecule has 1 saturated carbocycles. The van der Waals surface area contributed by atoms with Gasteiger partial charge >= 0.3 is 0 Å². The normalized spacial score (nSPS) is 37.9. The van der Waals surface area contributed by atoms with Gasteiger partial charge in [-0.2, -0.15) is 5.26 Å². The van der Waals surface area contributed by atoms with Gasteiger partial charge in [0.15, 0.2) is 0 Å². The van der Waals surface area contributed by atoms with E-state index in [1.54, 1.807) is 0 Å². The van der Waals surface area contributed by atoms with Crippen LogP contribution in [0.25, 0.3) is 0 Å². The molecule has 2 unspecified atom stereocenters. The third kappa shape index (κ3) is 1.77. The van der Waals surface area contributed by atoms with Crippen LogP contribution in [-0.4, -0.2) is 24.7 Å². The Balaban J connectivity index is 2.08. The summed E-state index contributed by atoms with van der Waals surface area (Å²) in [4.78, 5) is 0. The van der Waals surface area contributed by atoms with E-state index < -0.39 is 0 Å². The molecule has 3 nitrogen and oxygen atoms in total. The van der Waals surface area contributed by atoms with Crippen molar-refractivity contribution in [2.24, 2.45) is 5.92 Å². The van der Waals surface area contributed by atoms with Crippen LogP contribution in [0.5, 0.6) is 0 Å². The van der Waals surface area contributed by atoms with Crippen LogP contribution in [0.1, 0.15) is 32.6 Å². The van der Waals surface area contributed by atoms with E-state index in [4.69, 9.17) is 0 Å². The molecular formula is C11H19N3. The molecule has 2 rings (SSSR count). The first-order chi connectivity index (χ1) is 6.80. The minimum Gasteiger partial charge on any atom is -0.316 e. The second kappa shape index (κ2) is 3.88. The summed E-state index contributed by atoms with van der Waals surface area (Å²) in [5.74, 6) is 0.474. The van der Waals surface area contributed by atoms with E-state index >= 15 is 0 Å². The molecule has 1 saturated heterocycles. The van der Waals surface area contributed by atoms with Crippen molar-refractivity contribution in [1.82, 2.24) is 10.6 Å². The fraction of sp³-hybridized carbons (Fsp3) is 0.909. The van der Waals surface area contributed by atoms with Crippen LogP contribution in [0.3, 0.4) is 0 Å². The molecule has 2 atom stereocenters. The van der Waals surface area contributed by atoms with Crippen LogP contribution in [0.2, 0.25) is 0 Å². The average Bonchev–Trinajstić information content (AvgIpc) is 3.02. The van der Waals surface area contributed by atoms with Crippen LogP contribution in [-0.2, 0) is 0 Å². The van der Waals surface area contributed by atoms with Gasteiger partial charge in [0.05, 0.1) is 6.07 Å². The summed E-state index contributed by atoms with van der Waals surface area (Å²) in [7, 11) is 0. The Morgan fingerprint density at radius 1 is 1.57 bits per heavy atom. The highest BCUT2D eigenvalue weighted by Crippen LogP contribution is 2.31. The number of nitriles is 1. The maximum absolute atomic E-state index is 9.38. The SMILES string of the molecule is CCC1CNCCC1(C#N)NC1CC1. The van der Waals surface area contributed by atoms with Gasteiger partial charge in [-0.3, -0.25) is 5.32 Å². The number of rotatable bonds is 3. The molecule has 0 bridgehead atoms. The first kappa shape index (κ1) is 9.95. The summed E-state index contributed by atoms with van der Waals surface area (Å²) in [6.07, 6.45) is 4.55. The molecule has 0 amide bonds. The lowest BCUT2D eigenvalue weighted by Gasteiger charge is -2.39. The summed E-state index contributed by atoms with van der Waals surface area (Å²) in [5, 5.41) is 16.3. The standard InChI is InChI=1S/C11H19N3/c1-2-9-7-13-6-5-11(9,8-12)14-10-3-4-10/h9-10,13-14H,2-7H2,1H3. The van der Waals surface area contributed by atoms with Crippen molar-refractivity contribution in [3.63, 3.8) is 0 Å². The van der Waals surface area contributed by atoms with Crippen LogP contribution in [0.4, 0.5) is 0 Å². The molecule has 1 aliphatic heterocycles. The monoisotopic (exact) mass is 193 g/mol. The highest BCUT2D eigenvalue weighted by atomic mass is 15.1. The fourth-order valence-electron chi connectivity index (χ4n) is 2.39. The van der Waals surface area contributed by atoms with Crippen molar-refractivity contribution >= 4 is 0 Å². The smallest absolute Gasteiger partial charge is 0.112 e. The van der Waals surface area contributed by atoms with Crippen molar-refractivity contribution in [2.45, 2.75) is 44.2 Å². The van der Waals surface area contributed by atoms with Gasteiger partial charge in [-0.25, -0.2) is 0 Å². The van der Waals surface area contributed by atoms with E-state index in [0.717, 1.165) is 25.9 Å². The summed E-state index contributed by atoms with van der Waals surface area (Å²) in [6, 6.07) is 3.17. The quantitative estimate of drug-likeness (QED) is 0.703. The Morgan fingerprint density at radius 3 is 2.93 bits per heavy atom. The molecule has 78 valence electrons. The van der Waals surface area contributed by atoms with Crippen LogP contribution in [0.15, 0.2) is 0 Å². The molecular weight excluding hydrogens is 174 g/mol. The van der Waals surface area contributed by atoms with Gasteiger partial charge in [-0.05, 0) is 32.2 Å². The van der Waals surface area contributed by atoms with Gasteiger partial charge < -0.3 is 5.32 Å². The first-order valence-electron chi connectivity index (χ1n) is 5.70. The summed E-state index contributed by atoms with van der Waals surface area (Å²) in [6.45, 7) is 4.14. The number of nitrogens with zero attached hydrogens (tertiary/aromatic N) is 1. The Kier molecular flexibility index (Phi) is 2.76. The van der Waals surface area contributed by atoms with Gasteiger partial charge in [0.2, 0.25) is 0 Å². The van der Waals surface area contributed by atoms with Crippen LogP contribution < -0.4 is 10.6 Å². The van der Waals surface area contributed by atoms with Crippen molar-refractivity contribution < 1.29 is 0 Å². The molecule has 2 fully saturated rings. The van der Waals surface area contributed by atoms with Gasteiger partial charge in [-0.1, -0.05) is 6.92 Å². The Hall–Kier alpha value is -0.590. The molecule has 3 heteroatoms. The first-order valence-corrected chi connectivity index (χ1v) is 5.70. The molecule has 1 heterocycles. The lowest BCUT2D eigenvalue weighted by molar-refractivity contribution is 0.204. The van der Waals surface area contributed by atoms with Crippen LogP contribution >= 0.6 is 0 Å². The zero-order chi connectivity index (χ0) is 10.0. The fourth-order valence-corrected chi connectivity index (χ4v) is 2.39. The van der Waals surface area contributed by atoms with E-state index in [9.17, 15) is 5.26 Å². The Labute approximate surface area is 85.9 Å². The molecule has 0 spiro atoms. The van der Waals surface area contributed by atoms with Crippen molar-refractivity contribution in [2.75, 3.05) is 13.1 Å². The second-order valence-corrected chi connectivity index (χ2v) is 4.56. The maximum Gasteiger partial charge on any atom is 0.112 e. The predicted molar refractivity (Wildman–Crippen MR) is 55.8 cm³/mol. The van der Waals surface area contributed by atoms with Gasteiger partial charge in [0.1, 0.15) is 5.54 Å². The van der Waals surface area contributed by atoms with E-state index in [-0.39, 0.29) is 5.54 Å². The van der Waals surface area contributed by atoms with E-state index in [2.05, 4.69) is 23.6 Å². The van der Waals surface area contributed by atoms with Crippen molar-refractivity contribution in [3.8, 4) is 6.07 Å². The lowest BCUT2D eigenvalue weighted by Crippen LogP contribution is -2.58. The Bertz CT molecular complexity index is 241. The van der Waals surface area contributed by atoms with Crippen LogP contribution in [0, 0.1) is 17.2 Å². The molecule has 2 aliphatic rings. The predicted octanol–water partition coefficient (Wildman–Crippen LogP) is 1.02. The number of nitrogens with one attached hydrogen (secondary N) is 2. The third-order valence-electron chi connectivity index (χ3n) is 3.52. The van der Waals surface area contributed by atoms with E-state index in [0.29, 0.717) is 12.0 Å². The van der Waals surface area contributed by atoms with Gasteiger partial charge in [0.25, 0.3) is 0 Å². The van der Waals surface area contributed by atoms with E-state index in [1.165, 1.54) is 12.8 Å². The molecule has 14 heavy (non-hydrogen) atoms.